The first-order valence-electron chi connectivity index (χ1n) is 11.3. The Hall–Kier alpha value is -1.14. The Morgan fingerprint density at radius 1 is 1.10 bits per heavy atom. The summed E-state index contributed by atoms with van der Waals surface area (Å²) in [7, 11) is 1.50. The molecule has 29 heavy (non-hydrogen) atoms. The van der Waals surface area contributed by atoms with Crippen molar-refractivity contribution in [2.75, 3.05) is 20.3 Å². The van der Waals surface area contributed by atoms with Crippen molar-refractivity contribution in [1.29, 1.82) is 0 Å². The maximum Gasteiger partial charge on any atom is 0.309 e. The fourth-order valence-corrected chi connectivity index (χ4v) is 7.61. The van der Waals surface area contributed by atoms with Crippen molar-refractivity contribution in [2.45, 2.75) is 71.5 Å². The van der Waals surface area contributed by atoms with E-state index in [2.05, 4.69) is 25.9 Å². The van der Waals surface area contributed by atoms with E-state index < -0.39 is 5.79 Å². The Kier molecular flexibility index (Phi) is 5.48. The number of carbonyl (C=O) groups excluding carboxylic acids is 1. The molecule has 1 N–H and O–H groups in total. The molecule has 0 amide bonds. The van der Waals surface area contributed by atoms with Gasteiger partial charge in [0.05, 0.1) is 26.2 Å². The van der Waals surface area contributed by atoms with Crippen molar-refractivity contribution in [1.82, 2.24) is 0 Å². The Bertz CT molecular complexity index is 660. The molecule has 4 aliphatic rings. The highest BCUT2D eigenvalue weighted by Gasteiger charge is 2.66. The van der Waals surface area contributed by atoms with Crippen LogP contribution in [0.25, 0.3) is 0 Å². The molecule has 0 radical (unpaired) electrons. The Morgan fingerprint density at radius 3 is 2.45 bits per heavy atom. The molecule has 164 valence electrons. The number of oxime groups is 1. The molecule has 3 aliphatic carbocycles. The number of hydrogen-bond acceptors (Lipinski definition) is 6. The van der Waals surface area contributed by atoms with E-state index in [1.165, 1.54) is 7.11 Å². The molecule has 7 atom stereocenters. The number of esters is 1. The number of carbonyl (C=O) groups is 1. The van der Waals surface area contributed by atoms with E-state index in [1.807, 2.05) is 0 Å². The second-order valence-electron chi connectivity index (χ2n) is 10.5. The van der Waals surface area contributed by atoms with Crippen molar-refractivity contribution in [2.24, 2.45) is 45.6 Å². The van der Waals surface area contributed by atoms with Crippen LogP contribution >= 0.6 is 0 Å². The highest BCUT2D eigenvalue weighted by Crippen LogP contribution is 2.66. The van der Waals surface area contributed by atoms with Crippen LogP contribution in [-0.2, 0) is 19.0 Å². The van der Waals surface area contributed by atoms with Crippen LogP contribution in [0, 0.1) is 40.4 Å². The number of rotatable bonds is 3. The zero-order chi connectivity index (χ0) is 20.9. The second-order valence-corrected chi connectivity index (χ2v) is 10.5. The molecule has 1 saturated heterocycles. The van der Waals surface area contributed by atoms with Crippen molar-refractivity contribution >= 4 is 12.2 Å². The zero-order valence-electron chi connectivity index (χ0n) is 18.4. The lowest BCUT2D eigenvalue weighted by Crippen LogP contribution is -2.56. The largest absolute Gasteiger partial charge is 0.469 e. The monoisotopic (exact) mass is 407 g/mol. The minimum absolute atomic E-state index is 0.0857. The first kappa shape index (κ1) is 21.1. The molecule has 0 aromatic heterocycles. The topological polar surface area (TPSA) is 77.4 Å². The van der Waals surface area contributed by atoms with Crippen LogP contribution in [0.15, 0.2) is 5.16 Å². The maximum absolute atomic E-state index is 12.8. The number of fused-ring (bicyclic) bond motifs is 2. The van der Waals surface area contributed by atoms with Gasteiger partial charge in [-0.25, -0.2) is 0 Å². The summed E-state index contributed by atoms with van der Waals surface area (Å²) in [5, 5.41) is 13.1. The minimum Gasteiger partial charge on any atom is -0.469 e. The van der Waals surface area contributed by atoms with Crippen molar-refractivity contribution in [3.63, 3.8) is 0 Å². The molecule has 4 rings (SSSR count). The van der Waals surface area contributed by atoms with E-state index in [0.29, 0.717) is 25.0 Å². The molecule has 0 aromatic rings. The van der Waals surface area contributed by atoms with Gasteiger partial charge < -0.3 is 19.4 Å². The summed E-state index contributed by atoms with van der Waals surface area (Å²) in [5.41, 5.74) is -0.245. The SMILES string of the molecule is COC(=O)[C@H]1C[C@@H](C)CC[C@]1(C)[C@H]1CC[C@@]2(C)[C@@H](CCC23OCCO3)[C@@H]1C=NO. The van der Waals surface area contributed by atoms with Crippen LogP contribution in [0.2, 0.25) is 0 Å². The van der Waals surface area contributed by atoms with Crippen molar-refractivity contribution < 1.29 is 24.2 Å². The van der Waals surface area contributed by atoms with Gasteiger partial charge in [-0.3, -0.25) is 4.79 Å². The fourth-order valence-electron chi connectivity index (χ4n) is 7.61. The predicted molar refractivity (Wildman–Crippen MR) is 109 cm³/mol. The van der Waals surface area contributed by atoms with E-state index in [9.17, 15) is 10.0 Å². The number of hydrogen-bond donors (Lipinski definition) is 1. The first-order valence-corrected chi connectivity index (χ1v) is 11.3. The fraction of sp³-hybridized carbons (Fsp3) is 0.913. The van der Waals surface area contributed by atoms with Crippen molar-refractivity contribution in [3.05, 3.63) is 0 Å². The van der Waals surface area contributed by atoms with Crippen LogP contribution in [0.4, 0.5) is 0 Å². The van der Waals surface area contributed by atoms with E-state index >= 15 is 0 Å². The van der Waals surface area contributed by atoms with Gasteiger partial charge in [-0.2, -0.15) is 0 Å². The zero-order valence-corrected chi connectivity index (χ0v) is 18.4. The Balaban J connectivity index is 1.68. The smallest absolute Gasteiger partial charge is 0.309 e. The molecule has 1 heterocycles. The van der Waals surface area contributed by atoms with Gasteiger partial charge in [0.25, 0.3) is 0 Å². The molecule has 1 aliphatic heterocycles. The lowest BCUT2D eigenvalue weighted by Gasteiger charge is -2.56. The van der Waals surface area contributed by atoms with E-state index in [1.54, 1.807) is 6.21 Å². The summed E-state index contributed by atoms with van der Waals surface area (Å²) < 4.78 is 17.6. The van der Waals surface area contributed by atoms with E-state index in [4.69, 9.17) is 14.2 Å². The molecule has 1 spiro atoms. The van der Waals surface area contributed by atoms with Crippen LogP contribution in [-0.4, -0.2) is 43.5 Å². The molecule has 4 fully saturated rings. The molecule has 0 unspecified atom stereocenters. The Labute approximate surface area is 174 Å². The minimum atomic E-state index is -0.492. The molecule has 0 bridgehead atoms. The standard InChI is InChI=1S/C23H37NO5/c1-15-5-8-21(2,19(13-15)20(25)27-4)17-6-9-22(3)18(16(17)14-24-26)7-10-23(22)28-11-12-29-23/h14-19,26H,5-13H2,1-4H3/t15-,16+,17-,18-,19+,21+,22-/m0/s1. The third-order valence-electron chi connectivity index (χ3n) is 9.31. The maximum atomic E-state index is 12.8. The number of nitrogens with zero attached hydrogens (tertiary/aromatic N) is 1. The first-order chi connectivity index (χ1) is 13.8. The quantitative estimate of drug-likeness (QED) is 0.328. The molecular formula is C23H37NO5. The van der Waals surface area contributed by atoms with Crippen LogP contribution < -0.4 is 0 Å². The molecular weight excluding hydrogens is 370 g/mol. The molecule has 0 aromatic carbocycles. The van der Waals surface area contributed by atoms with Gasteiger partial charge in [0.15, 0.2) is 5.79 Å². The lowest BCUT2D eigenvalue weighted by molar-refractivity contribution is -0.240. The molecule has 6 nitrogen and oxygen atoms in total. The summed E-state index contributed by atoms with van der Waals surface area (Å²) in [4.78, 5) is 12.8. The van der Waals surface area contributed by atoms with Gasteiger partial charge in [0, 0.05) is 24.0 Å². The van der Waals surface area contributed by atoms with Gasteiger partial charge in [-0.05, 0) is 55.3 Å². The van der Waals surface area contributed by atoms with Gasteiger partial charge in [-0.1, -0.05) is 27.2 Å². The van der Waals surface area contributed by atoms with Gasteiger partial charge in [-0.15, -0.1) is 5.16 Å². The highest BCUT2D eigenvalue weighted by atomic mass is 16.7. The van der Waals surface area contributed by atoms with Crippen molar-refractivity contribution in [3.8, 4) is 0 Å². The Morgan fingerprint density at radius 2 is 1.79 bits per heavy atom. The van der Waals surface area contributed by atoms with E-state index in [0.717, 1.165) is 44.9 Å². The second kappa shape index (κ2) is 7.52. The normalized spacial score (nSPS) is 46.8. The third-order valence-corrected chi connectivity index (χ3v) is 9.31. The average molecular weight is 408 g/mol. The van der Waals surface area contributed by atoms with Crippen LogP contribution in [0.5, 0.6) is 0 Å². The summed E-state index contributed by atoms with van der Waals surface area (Å²) in [5.74, 6) is 0.562. The number of methoxy groups -OCH3 is 1. The van der Waals surface area contributed by atoms with Crippen LogP contribution in [0.3, 0.4) is 0 Å². The lowest BCUT2D eigenvalue weighted by atomic mass is 9.49. The summed E-state index contributed by atoms with van der Waals surface area (Å²) in [6, 6.07) is 0. The van der Waals surface area contributed by atoms with Gasteiger partial charge >= 0.3 is 5.97 Å². The summed E-state index contributed by atoms with van der Waals surface area (Å²) >= 11 is 0. The molecule has 6 heteroatoms. The number of ether oxygens (including phenoxy) is 3. The van der Waals surface area contributed by atoms with Gasteiger partial charge in [0.1, 0.15) is 0 Å². The van der Waals surface area contributed by atoms with Crippen LogP contribution in [0.1, 0.15) is 65.7 Å². The van der Waals surface area contributed by atoms with Gasteiger partial charge in [0.2, 0.25) is 0 Å². The third kappa shape index (κ3) is 3.04. The summed E-state index contributed by atoms with van der Waals surface area (Å²) in [6.45, 7) is 8.12. The average Bonchev–Trinajstić information content (AvgIpc) is 3.30. The molecule has 3 saturated carbocycles. The predicted octanol–water partition coefficient (Wildman–Crippen LogP) is 4.25. The van der Waals surface area contributed by atoms with E-state index in [-0.39, 0.29) is 34.6 Å². The highest BCUT2D eigenvalue weighted by molar-refractivity contribution is 5.74. The summed E-state index contributed by atoms with van der Waals surface area (Å²) in [6.07, 6.45) is 8.65.